The molecule has 11 nitrogen and oxygen atoms in total. The van der Waals surface area contributed by atoms with E-state index >= 15 is 0 Å². The molecule has 1 heterocycles. The molecule has 0 saturated heterocycles. The van der Waals surface area contributed by atoms with Gasteiger partial charge >= 0.3 is 5.97 Å². The molecular formula is C29H35N3O8. The Hall–Kier alpha value is -4.22. The predicted octanol–water partition coefficient (Wildman–Crippen LogP) is 1.97. The lowest BCUT2D eigenvalue weighted by molar-refractivity contribution is -0.661. The number of aliphatic imine (C=N–C) groups is 1. The minimum Gasteiger partial charge on any atom is -0.616 e. The summed E-state index contributed by atoms with van der Waals surface area (Å²) in [6, 6.07) is 15.1. The van der Waals surface area contributed by atoms with Crippen LogP contribution in [0.3, 0.4) is 0 Å². The van der Waals surface area contributed by atoms with Gasteiger partial charge in [-0.15, -0.1) is 0 Å². The quantitative estimate of drug-likeness (QED) is 0.118. The number of aliphatic hydroxyl groups excluding tert-OH is 1. The lowest BCUT2D eigenvalue weighted by atomic mass is 9.80. The second-order valence-corrected chi connectivity index (χ2v) is 9.32. The number of nitro groups is 1. The van der Waals surface area contributed by atoms with Gasteiger partial charge in [0.25, 0.3) is 5.69 Å². The summed E-state index contributed by atoms with van der Waals surface area (Å²) in [6.07, 6.45) is 0.708. The average Bonchev–Trinajstić information content (AvgIpc) is 2.95. The SMILES string of the molecule is COC([O-])=C1C(C)=NC(C)=C(C(=O)OCCCC[NH2+]C[C@H](O)COc2ccccc2)[C@H]1c1cccc([N+](=O)[O-])c1. The fourth-order valence-electron chi connectivity index (χ4n) is 4.45. The van der Waals surface area contributed by atoms with Gasteiger partial charge in [-0.1, -0.05) is 30.3 Å². The van der Waals surface area contributed by atoms with Crippen molar-refractivity contribution in [3.63, 3.8) is 0 Å². The van der Waals surface area contributed by atoms with Gasteiger partial charge in [0.2, 0.25) is 0 Å². The van der Waals surface area contributed by atoms with Crippen LogP contribution in [-0.4, -0.2) is 61.2 Å². The van der Waals surface area contributed by atoms with Gasteiger partial charge in [-0.2, -0.15) is 0 Å². The maximum Gasteiger partial charge on any atom is 0.336 e. The Morgan fingerprint density at radius 1 is 1.15 bits per heavy atom. The third-order valence-electron chi connectivity index (χ3n) is 6.39. The molecule has 2 aromatic carbocycles. The number of ether oxygens (including phenoxy) is 3. The number of hydrogen-bond donors (Lipinski definition) is 2. The number of aliphatic hydroxyl groups is 1. The first kappa shape index (κ1) is 30.3. The second-order valence-electron chi connectivity index (χ2n) is 9.32. The number of non-ortho nitro benzene ring substituents is 1. The zero-order chi connectivity index (χ0) is 29.1. The highest BCUT2D eigenvalue weighted by atomic mass is 16.6. The van der Waals surface area contributed by atoms with E-state index in [1.165, 1.54) is 25.3 Å². The first-order valence-electron chi connectivity index (χ1n) is 13.0. The smallest absolute Gasteiger partial charge is 0.336 e. The Balaban J connectivity index is 1.57. The van der Waals surface area contributed by atoms with E-state index in [1.807, 2.05) is 35.6 Å². The molecule has 0 aromatic heterocycles. The predicted molar refractivity (Wildman–Crippen MR) is 145 cm³/mol. The number of allylic oxidation sites excluding steroid dienone is 2. The number of methoxy groups -OCH3 is 1. The van der Waals surface area contributed by atoms with E-state index in [1.54, 1.807) is 19.9 Å². The number of carbonyl (C=O) groups excluding carboxylic acids is 1. The van der Waals surface area contributed by atoms with Crippen molar-refractivity contribution in [3.8, 4) is 5.75 Å². The van der Waals surface area contributed by atoms with Crippen LogP contribution in [0.2, 0.25) is 0 Å². The molecule has 2 atom stereocenters. The number of benzene rings is 2. The van der Waals surface area contributed by atoms with Crippen molar-refractivity contribution >= 4 is 17.4 Å². The van der Waals surface area contributed by atoms with Crippen molar-refractivity contribution in [2.75, 3.05) is 33.4 Å². The molecule has 0 bridgehead atoms. The van der Waals surface area contributed by atoms with Crippen LogP contribution in [0.5, 0.6) is 5.75 Å². The summed E-state index contributed by atoms with van der Waals surface area (Å²) in [5.74, 6) is -1.55. The number of unbranched alkanes of at least 4 members (excludes halogenated alkanes) is 1. The Labute approximate surface area is 232 Å². The molecule has 214 valence electrons. The van der Waals surface area contributed by atoms with E-state index in [0.29, 0.717) is 35.7 Å². The van der Waals surface area contributed by atoms with Crippen LogP contribution in [0.4, 0.5) is 5.69 Å². The zero-order valence-electron chi connectivity index (χ0n) is 22.9. The topological polar surface area (TPSA) is 160 Å². The van der Waals surface area contributed by atoms with Crippen LogP contribution in [0.1, 0.15) is 38.2 Å². The first-order valence-corrected chi connectivity index (χ1v) is 13.0. The average molecular weight is 554 g/mol. The summed E-state index contributed by atoms with van der Waals surface area (Å²) in [4.78, 5) is 28.5. The van der Waals surface area contributed by atoms with Gasteiger partial charge in [0.15, 0.2) is 0 Å². The monoisotopic (exact) mass is 553 g/mol. The van der Waals surface area contributed by atoms with Gasteiger partial charge in [-0.3, -0.25) is 15.1 Å². The molecule has 3 rings (SSSR count). The van der Waals surface area contributed by atoms with Gasteiger partial charge in [-0.05, 0) is 51.5 Å². The Kier molecular flexibility index (Phi) is 11.2. The maximum absolute atomic E-state index is 13.2. The van der Waals surface area contributed by atoms with Crippen molar-refractivity contribution in [1.82, 2.24) is 0 Å². The summed E-state index contributed by atoms with van der Waals surface area (Å²) < 4.78 is 16.0. The zero-order valence-corrected chi connectivity index (χ0v) is 22.9. The van der Waals surface area contributed by atoms with Crippen LogP contribution in [0.15, 0.2) is 82.4 Å². The molecule has 3 N–H and O–H groups in total. The van der Waals surface area contributed by atoms with Crippen LogP contribution >= 0.6 is 0 Å². The molecular weight excluding hydrogens is 518 g/mol. The number of nitro benzene ring substituents is 1. The van der Waals surface area contributed by atoms with Gasteiger partial charge < -0.3 is 29.7 Å². The molecule has 1 aliphatic heterocycles. The molecule has 11 heteroatoms. The molecule has 0 unspecified atom stereocenters. The molecule has 40 heavy (non-hydrogen) atoms. The van der Waals surface area contributed by atoms with Crippen molar-refractivity contribution < 1.29 is 39.5 Å². The van der Waals surface area contributed by atoms with Crippen LogP contribution < -0.4 is 15.2 Å². The third-order valence-corrected chi connectivity index (χ3v) is 6.39. The van der Waals surface area contributed by atoms with E-state index < -0.39 is 28.9 Å². The number of esters is 1. The molecule has 2 aromatic rings. The van der Waals surface area contributed by atoms with Gasteiger partial charge in [-0.25, -0.2) is 4.79 Å². The normalized spacial score (nSPS) is 17.1. The molecule has 0 radical (unpaired) electrons. The van der Waals surface area contributed by atoms with Crippen LogP contribution in [0, 0.1) is 10.1 Å². The van der Waals surface area contributed by atoms with Crippen molar-refractivity contribution in [2.24, 2.45) is 4.99 Å². The Morgan fingerprint density at radius 2 is 1.90 bits per heavy atom. The molecule has 1 aliphatic rings. The summed E-state index contributed by atoms with van der Waals surface area (Å²) in [5.41, 5.74) is 1.22. The lowest BCUT2D eigenvalue weighted by Crippen LogP contribution is -2.86. The number of quaternary nitrogens is 1. The molecule has 0 spiro atoms. The summed E-state index contributed by atoms with van der Waals surface area (Å²) in [6.45, 7) is 4.81. The summed E-state index contributed by atoms with van der Waals surface area (Å²) in [7, 11) is 1.22. The third kappa shape index (κ3) is 8.14. The highest BCUT2D eigenvalue weighted by molar-refractivity contribution is 6.06. The largest absolute Gasteiger partial charge is 0.616 e. The highest BCUT2D eigenvalue weighted by Crippen LogP contribution is 2.40. The van der Waals surface area contributed by atoms with E-state index in [-0.39, 0.29) is 30.0 Å². The number of para-hydroxylation sites is 1. The minimum atomic E-state index is -0.926. The van der Waals surface area contributed by atoms with Crippen LogP contribution in [-0.2, 0) is 14.3 Å². The fraction of sp³-hybridized carbons (Fsp3) is 0.379. The second kappa shape index (κ2) is 14.8. The Bertz CT molecular complexity index is 1270. The van der Waals surface area contributed by atoms with Gasteiger partial charge in [0.1, 0.15) is 25.0 Å². The molecule has 0 fully saturated rings. The fourth-order valence-corrected chi connectivity index (χ4v) is 4.45. The number of nitrogens with zero attached hydrogens (tertiary/aromatic N) is 2. The van der Waals surface area contributed by atoms with E-state index in [2.05, 4.69) is 4.99 Å². The summed E-state index contributed by atoms with van der Waals surface area (Å²) in [5, 5.41) is 36.2. The highest BCUT2D eigenvalue weighted by Gasteiger charge is 2.35. The molecule has 0 saturated carbocycles. The van der Waals surface area contributed by atoms with Gasteiger partial charge in [0.05, 0.1) is 29.6 Å². The van der Waals surface area contributed by atoms with Crippen molar-refractivity contribution in [2.45, 2.75) is 38.7 Å². The molecule has 0 aliphatic carbocycles. The van der Waals surface area contributed by atoms with E-state index in [9.17, 15) is 25.1 Å². The maximum atomic E-state index is 13.2. The lowest BCUT2D eigenvalue weighted by Gasteiger charge is -2.30. The molecule has 0 amide bonds. The summed E-state index contributed by atoms with van der Waals surface area (Å²) >= 11 is 0. The Morgan fingerprint density at radius 3 is 2.60 bits per heavy atom. The van der Waals surface area contributed by atoms with Crippen molar-refractivity contribution in [1.29, 1.82) is 0 Å². The van der Waals surface area contributed by atoms with Crippen LogP contribution in [0.25, 0.3) is 0 Å². The standard InChI is InChI=1S/C29H35N3O8/c1-19-25(28(34)38-3)27(21-10-9-11-22(16-21)32(36)37)26(20(2)31-19)29(35)39-15-8-7-14-30-17-23(33)18-40-24-12-5-4-6-13-24/h4-6,9-13,16,23,27,30,33-34H,7-8,14-15,17-18H2,1-3H3/t23-,27-/m0/s1. The number of nitrogens with two attached hydrogens (primary N) is 1. The first-order chi connectivity index (χ1) is 19.2. The number of rotatable bonds is 14. The van der Waals surface area contributed by atoms with E-state index in [4.69, 9.17) is 14.2 Å². The number of carbonyl (C=O) groups is 1. The van der Waals surface area contributed by atoms with E-state index in [0.717, 1.165) is 13.0 Å². The van der Waals surface area contributed by atoms with Gasteiger partial charge in [0, 0.05) is 35.0 Å². The minimum absolute atomic E-state index is 0.130. The van der Waals surface area contributed by atoms with Crippen molar-refractivity contribution in [3.05, 3.63) is 93.1 Å². The number of hydrogen-bond acceptors (Lipinski definition) is 9.